The predicted octanol–water partition coefficient (Wildman–Crippen LogP) is 7.70. The zero-order valence-electron chi connectivity index (χ0n) is 17.3. The maximum atomic E-state index is 13.2. The average molecular weight is 591 g/mol. The molecule has 4 nitrogen and oxygen atoms in total. The normalized spacial score (nSPS) is 22.6. The van der Waals surface area contributed by atoms with E-state index in [1.807, 2.05) is 0 Å². The van der Waals surface area contributed by atoms with E-state index in [1.165, 1.54) is 30.1 Å². The number of hydrogen-bond acceptors (Lipinski definition) is 2. The summed E-state index contributed by atoms with van der Waals surface area (Å²) in [5.74, 6) is -5.22. The van der Waals surface area contributed by atoms with Crippen LogP contribution in [0.15, 0.2) is 30.3 Å². The van der Waals surface area contributed by atoms with E-state index >= 15 is 0 Å². The van der Waals surface area contributed by atoms with Crippen LogP contribution < -0.4 is 5.32 Å². The van der Waals surface area contributed by atoms with Gasteiger partial charge in [0.15, 0.2) is 0 Å². The molecule has 1 N–H and O–H groups in total. The molecule has 2 unspecified atom stereocenters. The molecule has 0 aliphatic heterocycles. The van der Waals surface area contributed by atoms with Crippen LogP contribution in [0.4, 0.5) is 14.5 Å². The molecule has 0 spiro atoms. The van der Waals surface area contributed by atoms with Crippen LogP contribution in [0.1, 0.15) is 34.7 Å². The van der Waals surface area contributed by atoms with E-state index in [0.29, 0.717) is 5.56 Å². The maximum Gasteiger partial charge on any atom is 0.255 e. The molecule has 2 fully saturated rings. The Morgan fingerprint density at radius 2 is 1.59 bits per heavy atom. The molecule has 12 heteroatoms. The van der Waals surface area contributed by atoms with Gasteiger partial charge in [0, 0.05) is 37.5 Å². The average Bonchev–Trinajstić information content (AvgIpc) is 3.32. The molecule has 4 rings (SSSR count). The first kappa shape index (κ1) is 26.1. The standard InChI is InChI=1S/C22H16Cl6F2N2O2/c1-32(11-7-21(29,30)8-11)20(34)12-6-10(2-3-13(12)23)31-19(33)17-16(22(17,27)28)9-4-14(24)18(26)15(25)5-9/h2-6,11,16-17H,7-8H2,1H3,(H,31,33). The topological polar surface area (TPSA) is 49.4 Å². The zero-order chi connectivity index (χ0) is 25.2. The molecule has 2 aromatic rings. The van der Waals surface area contributed by atoms with Crippen LogP contribution in [0, 0.1) is 5.92 Å². The molecule has 34 heavy (non-hydrogen) atoms. The summed E-state index contributed by atoms with van der Waals surface area (Å²) in [5, 5.41) is 3.39. The first-order chi connectivity index (χ1) is 15.7. The number of nitrogens with one attached hydrogen (secondary N) is 1. The minimum Gasteiger partial charge on any atom is -0.338 e. The third-order valence-electron chi connectivity index (χ3n) is 6.10. The summed E-state index contributed by atoms with van der Waals surface area (Å²) in [6.07, 6.45) is -0.808. The second-order valence-corrected chi connectivity index (χ2v) is 11.5. The van der Waals surface area contributed by atoms with Crippen molar-refractivity contribution in [3.63, 3.8) is 0 Å². The molecule has 2 atom stereocenters. The molecule has 2 aliphatic carbocycles. The van der Waals surface area contributed by atoms with Crippen LogP contribution in [0.5, 0.6) is 0 Å². The molecule has 0 heterocycles. The molecule has 2 aliphatic rings. The minimum absolute atomic E-state index is 0.0730. The highest BCUT2D eigenvalue weighted by Gasteiger charge is 2.67. The summed E-state index contributed by atoms with van der Waals surface area (Å²) in [4.78, 5) is 27.0. The Kier molecular flexibility index (Phi) is 7.00. The fraction of sp³-hybridized carbons (Fsp3) is 0.364. The van der Waals surface area contributed by atoms with Crippen LogP contribution in [0.2, 0.25) is 20.1 Å². The Labute approximate surface area is 224 Å². The van der Waals surface area contributed by atoms with E-state index in [2.05, 4.69) is 5.32 Å². The van der Waals surface area contributed by atoms with Crippen molar-refractivity contribution in [3.05, 3.63) is 61.5 Å². The quantitative estimate of drug-likeness (QED) is 0.287. The maximum absolute atomic E-state index is 13.2. The van der Waals surface area contributed by atoms with Gasteiger partial charge in [0.05, 0.1) is 31.6 Å². The van der Waals surface area contributed by atoms with Gasteiger partial charge in [0.2, 0.25) is 5.91 Å². The van der Waals surface area contributed by atoms with E-state index in [0.717, 1.165) is 0 Å². The highest BCUT2D eigenvalue weighted by Crippen LogP contribution is 2.65. The van der Waals surface area contributed by atoms with Crippen molar-refractivity contribution in [2.45, 2.75) is 35.1 Å². The SMILES string of the molecule is CN(C(=O)c1cc(NC(=O)C2C(c3cc(Cl)c(Cl)c(Cl)c3)C2(Cl)Cl)ccc1Cl)C1CC(F)(F)C1. The smallest absolute Gasteiger partial charge is 0.255 e. The van der Waals surface area contributed by atoms with Crippen LogP contribution in [-0.2, 0) is 4.79 Å². The van der Waals surface area contributed by atoms with Crippen molar-refractivity contribution in [2.24, 2.45) is 5.92 Å². The highest BCUT2D eigenvalue weighted by atomic mass is 35.5. The molecule has 0 radical (unpaired) electrons. The molecule has 2 amide bonds. The number of benzene rings is 2. The Morgan fingerprint density at radius 3 is 2.15 bits per heavy atom. The van der Waals surface area contributed by atoms with Gasteiger partial charge < -0.3 is 10.2 Å². The number of hydrogen-bond donors (Lipinski definition) is 1. The van der Waals surface area contributed by atoms with Crippen LogP contribution in [0.3, 0.4) is 0 Å². The van der Waals surface area contributed by atoms with E-state index in [4.69, 9.17) is 69.6 Å². The molecule has 2 aromatic carbocycles. The summed E-state index contributed by atoms with van der Waals surface area (Å²) in [7, 11) is 1.44. The summed E-state index contributed by atoms with van der Waals surface area (Å²) < 4.78 is 25.0. The number of amides is 2. The Bertz CT molecular complexity index is 1160. The number of carbonyl (C=O) groups excluding carboxylic acids is 2. The van der Waals surface area contributed by atoms with Gasteiger partial charge in [-0.3, -0.25) is 9.59 Å². The van der Waals surface area contributed by atoms with Crippen LogP contribution in [0.25, 0.3) is 0 Å². The van der Waals surface area contributed by atoms with Crippen molar-refractivity contribution in [2.75, 3.05) is 12.4 Å². The van der Waals surface area contributed by atoms with E-state index < -0.39 is 52.8 Å². The third kappa shape index (κ3) is 4.82. The van der Waals surface area contributed by atoms with Gasteiger partial charge >= 0.3 is 0 Å². The molecule has 182 valence electrons. The molecular formula is C22H16Cl6F2N2O2. The molecule has 0 saturated heterocycles. The third-order valence-corrected chi connectivity index (χ3v) is 8.57. The Hall–Kier alpha value is -1.02. The zero-order valence-corrected chi connectivity index (χ0v) is 21.9. The van der Waals surface area contributed by atoms with Crippen LogP contribution in [-0.4, -0.2) is 40.1 Å². The van der Waals surface area contributed by atoms with Gasteiger partial charge in [0.1, 0.15) is 4.33 Å². The number of rotatable bonds is 5. The molecule has 0 bridgehead atoms. The predicted molar refractivity (Wildman–Crippen MR) is 132 cm³/mol. The Balaban J connectivity index is 1.50. The monoisotopic (exact) mass is 588 g/mol. The lowest BCUT2D eigenvalue weighted by molar-refractivity contribution is -0.117. The molecule has 2 saturated carbocycles. The van der Waals surface area contributed by atoms with Crippen LogP contribution >= 0.6 is 69.6 Å². The number of alkyl halides is 4. The lowest BCUT2D eigenvalue weighted by atomic mass is 9.87. The van der Waals surface area contributed by atoms with Crippen molar-refractivity contribution in [1.82, 2.24) is 4.90 Å². The van der Waals surface area contributed by atoms with Gasteiger partial charge in [-0.2, -0.15) is 0 Å². The summed E-state index contributed by atoms with van der Waals surface area (Å²) in [6, 6.07) is 6.83. The van der Waals surface area contributed by atoms with Crippen molar-refractivity contribution in [1.29, 1.82) is 0 Å². The lowest BCUT2D eigenvalue weighted by Crippen LogP contribution is -2.51. The second-order valence-electron chi connectivity index (χ2n) is 8.45. The fourth-order valence-corrected chi connectivity index (χ4v) is 5.71. The van der Waals surface area contributed by atoms with Gasteiger partial charge in [0.25, 0.3) is 11.8 Å². The van der Waals surface area contributed by atoms with E-state index in [9.17, 15) is 18.4 Å². The van der Waals surface area contributed by atoms with Gasteiger partial charge in [-0.05, 0) is 35.9 Å². The van der Waals surface area contributed by atoms with Gasteiger partial charge in [-0.1, -0.05) is 46.4 Å². The summed E-state index contributed by atoms with van der Waals surface area (Å²) >= 11 is 37.1. The molecule has 0 aromatic heterocycles. The first-order valence-electron chi connectivity index (χ1n) is 10.0. The minimum atomic E-state index is -2.77. The first-order valence-corrected chi connectivity index (χ1v) is 12.3. The molecular weight excluding hydrogens is 575 g/mol. The van der Waals surface area contributed by atoms with Crippen molar-refractivity contribution >= 4 is 87.1 Å². The fourth-order valence-electron chi connectivity index (χ4n) is 4.07. The number of halogens is 8. The van der Waals surface area contributed by atoms with E-state index in [-0.39, 0.29) is 31.3 Å². The second kappa shape index (κ2) is 9.13. The van der Waals surface area contributed by atoms with Crippen molar-refractivity contribution < 1.29 is 18.4 Å². The van der Waals surface area contributed by atoms with E-state index in [1.54, 1.807) is 12.1 Å². The number of anilines is 1. The number of carbonyl (C=O) groups is 2. The Morgan fingerprint density at radius 1 is 1.00 bits per heavy atom. The number of nitrogens with zero attached hydrogens (tertiary/aromatic N) is 1. The van der Waals surface area contributed by atoms with Crippen molar-refractivity contribution in [3.8, 4) is 0 Å². The summed E-state index contributed by atoms with van der Waals surface area (Å²) in [5.41, 5.74) is 0.895. The lowest BCUT2D eigenvalue weighted by Gasteiger charge is -2.40. The summed E-state index contributed by atoms with van der Waals surface area (Å²) in [6.45, 7) is 0. The van der Waals surface area contributed by atoms with Gasteiger partial charge in [-0.15, -0.1) is 23.2 Å². The van der Waals surface area contributed by atoms with Gasteiger partial charge in [-0.25, -0.2) is 8.78 Å². The highest BCUT2D eigenvalue weighted by molar-refractivity contribution is 6.54. The largest absolute Gasteiger partial charge is 0.338 e.